The Kier molecular flexibility index (Phi) is 6.24. The van der Waals surface area contributed by atoms with Crippen molar-refractivity contribution in [2.45, 2.75) is 12.7 Å². The molecule has 0 aromatic heterocycles. The number of carbonyl (C=O) groups is 2. The quantitative estimate of drug-likeness (QED) is 0.401. The summed E-state index contributed by atoms with van der Waals surface area (Å²) in [7, 11) is 0. The van der Waals surface area contributed by atoms with E-state index in [0.717, 1.165) is 5.56 Å². The van der Waals surface area contributed by atoms with E-state index in [1.54, 1.807) is 18.2 Å². The molecule has 0 saturated carbocycles. The summed E-state index contributed by atoms with van der Waals surface area (Å²) >= 11 is 1.51. The molecule has 2 amide bonds. The van der Waals surface area contributed by atoms with E-state index in [2.05, 4.69) is 10.7 Å². The van der Waals surface area contributed by atoms with Gasteiger partial charge in [0.05, 0.1) is 5.75 Å². The largest absolute Gasteiger partial charge is 0.356 e. The van der Waals surface area contributed by atoms with Crippen LogP contribution in [-0.2, 0) is 10.5 Å². The summed E-state index contributed by atoms with van der Waals surface area (Å²) in [5, 5.41) is 2.73. The number of hydrogen-bond donors (Lipinski definition) is 3. The van der Waals surface area contributed by atoms with Crippen molar-refractivity contribution in [1.29, 1.82) is 0 Å². The fourth-order valence-corrected chi connectivity index (χ4v) is 2.20. The average molecular weight is 267 g/mol. The zero-order valence-corrected chi connectivity index (χ0v) is 11.0. The zero-order valence-electron chi connectivity index (χ0n) is 10.2. The molecule has 0 spiro atoms. The Balaban J connectivity index is 2.47. The molecular formula is C12H17N3O2S. The third-order valence-electron chi connectivity index (χ3n) is 2.20. The van der Waals surface area contributed by atoms with Gasteiger partial charge in [0, 0.05) is 17.9 Å². The van der Waals surface area contributed by atoms with Gasteiger partial charge in [0.1, 0.15) is 0 Å². The summed E-state index contributed by atoms with van der Waals surface area (Å²) in [6.07, 6.45) is 0. The second kappa shape index (κ2) is 7.73. The normalized spacial score (nSPS) is 9.89. The van der Waals surface area contributed by atoms with Gasteiger partial charge in [0.2, 0.25) is 5.91 Å². The number of rotatable bonds is 6. The standard InChI is InChI=1S/C12H17N3O2S/c1-2-14-11(16)8-18-7-9-4-3-5-10(6-9)12(17)15-13/h3-6H,2,7-8,13H2,1H3,(H,14,16)(H,15,17). The van der Waals surface area contributed by atoms with Crippen molar-refractivity contribution in [3.05, 3.63) is 35.4 Å². The topological polar surface area (TPSA) is 84.2 Å². The van der Waals surface area contributed by atoms with Crippen LogP contribution >= 0.6 is 11.8 Å². The Bertz CT molecular complexity index is 424. The van der Waals surface area contributed by atoms with Crippen molar-refractivity contribution in [3.63, 3.8) is 0 Å². The first-order chi connectivity index (χ1) is 8.67. The molecule has 18 heavy (non-hydrogen) atoms. The second-order valence-corrected chi connectivity index (χ2v) is 4.61. The van der Waals surface area contributed by atoms with Gasteiger partial charge < -0.3 is 5.32 Å². The molecule has 5 nitrogen and oxygen atoms in total. The Hall–Kier alpha value is -1.53. The van der Waals surface area contributed by atoms with Crippen LogP contribution in [0.1, 0.15) is 22.8 Å². The van der Waals surface area contributed by atoms with Gasteiger partial charge in [-0.15, -0.1) is 11.8 Å². The summed E-state index contributed by atoms with van der Waals surface area (Å²) in [5.41, 5.74) is 3.60. The maximum Gasteiger partial charge on any atom is 0.265 e. The number of amides is 2. The highest BCUT2D eigenvalue weighted by Crippen LogP contribution is 2.13. The fourth-order valence-electron chi connectivity index (χ4n) is 1.40. The molecule has 0 fully saturated rings. The van der Waals surface area contributed by atoms with Gasteiger partial charge in [-0.25, -0.2) is 5.84 Å². The SMILES string of the molecule is CCNC(=O)CSCc1cccc(C(=O)NN)c1. The summed E-state index contributed by atoms with van der Waals surface area (Å²) in [6, 6.07) is 7.18. The number of nitrogens with two attached hydrogens (primary N) is 1. The van der Waals surface area contributed by atoms with E-state index in [1.165, 1.54) is 11.8 Å². The Morgan fingerprint density at radius 3 is 2.83 bits per heavy atom. The van der Waals surface area contributed by atoms with E-state index in [9.17, 15) is 9.59 Å². The van der Waals surface area contributed by atoms with Crippen LogP contribution < -0.4 is 16.6 Å². The molecule has 0 bridgehead atoms. The Labute approximate surface area is 110 Å². The van der Waals surface area contributed by atoms with Crippen LogP contribution in [0.4, 0.5) is 0 Å². The van der Waals surface area contributed by atoms with Crippen molar-refractivity contribution in [1.82, 2.24) is 10.7 Å². The van der Waals surface area contributed by atoms with Crippen molar-refractivity contribution < 1.29 is 9.59 Å². The van der Waals surface area contributed by atoms with Gasteiger partial charge in [0.25, 0.3) is 5.91 Å². The van der Waals surface area contributed by atoms with Crippen LogP contribution in [0.2, 0.25) is 0 Å². The summed E-state index contributed by atoms with van der Waals surface area (Å²) in [6.45, 7) is 2.53. The van der Waals surface area contributed by atoms with Crippen LogP contribution in [0.15, 0.2) is 24.3 Å². The summed E-state index contributed by atoms with van der Waals surface area (Å²) in [4.78, 5) is 22.6. The molecule has 4 N–H and O–H groups in total. The molecule has 1 aromatic rings. The monoisotopic (exact) mass is 267 g/mol. The summed E-state index contributed by atoms with van der Waals surface area (Å²) in [5.74, 6) is 5.88. The van der Waals surface area contributed by atoms with Crippen molar-refractivity contribution in [3.8, 4) is 0 Å². The van der Waals surface area contributed by atoms with E-state index in [4.69, 9.17) is 5.84 Å². The first kappa shape index (κ1) is 14.5. The molecule has 0 aliphatic heterocycles. The number of hydrazine groups is 1. The van der Waals surface area contributed by atoms with E-state index in [-0.39, 0.29) is 11.8 Å². The van der Waals surface area contributed by atoms with E-state index < -0.39 is 0 Å². The van der Waals surface area contributed by atoms with Gasteiger partial charge in [-0.2, -0.15) is 0 Å². The average Bonchev–Trinajstić information content (AvgIpc) is 2.38. The number of benzene rings is 1. The van der Waals surface area contributed by atoms with Crippen molar-refractivity contribution in [2.75, 3.05) is 12.3 Å². The van der Waals surface area contributed by atoms with Gasteiger partial charge in [0.15, 0.2) is 0 Å². The van der Waals surface area contributed by atoms with Crippen molar-refractivity contribution in [2.24, 2.45) is 5.84 Å². The van der Waals surface area contributed by atoms with E-state index in [0.29, 0.717) is 23.6 Å². The van der Waals surface area contributed by atoms with E-state index >= 15 is 0 Å². The predicted octanol–water partition coefficient (Wildman–Crippen LogP) is 0.659. The lowest BCUT2D eigenvalue weighted by molar-refractivity contribution is -0.118. The number of nitrogens with one attached hydrogen (secondary N) is 2. The van der Waals surface area contributed by atoms with Gasteiger partial charge in [-0.3, -0.25) is 15.0 Å². The van der Waals surface area contributed by atoms with E-state index in [1.807, 2.05) is 13.0 Å². The van der Waals surface area contributed by atoms with Gasteiger partial charge in [-0.05, 0) is 24.6 Å². The molecule has 0 aliphatic rings. The highest BCUT2D eigenvalue weighted by Gasteiger charge is 2.05. The number of hydrogen-bond acceptors (Lipinski definition) is 4. The molecule has 98 valence electrons. The lowest BCUT2D eigenvalue weighted by atomic mass is 10.1. The number of nitrogen functional groups attached to an aromatic ring is 1. The maximum atomic E-state index is 11.3. The molecule has 0 radical (unpaired) electrons. The molecule has 0 unspecified atom stereocenters. The minimum absolute atomic E-state index is 0.0263. The van der Waals surface area contributed by atoms with Gasteiger partial charge >= 0.3 is 0 Å². The second-order valence-electron chi connectivity index (χ2n) is 3.62. The zero-order chi connectivity index (χ0) is 13.4. The smallest absolute Gasteiger partial charge is 0.265 e. The molecular weight excluding hydrogens is 250 g/mol. The molecule has 1 aromatic carbocycles. The highest BCUT2D eigenvalue weighted by atomic mass is 32.2. The molecule has 0 saturated heterocycles. The van der Waals surface area contributed by atoms with Crippen molar-refractivity contribution >= 4 is 23.6 Å². The highest BCUT2D eigenvalue weighted by molar-refractivity contribution is 7.99. The number of thioether (sulfide) groups is 1. The Morgan fingerprint density at radius 1 is 1.39 bits per heavy atom. The molecule has 6 heteroatoms. The molecule has 0 aliphatic carbocycles. The van der Waals surface area contributed by atoms with Crippen LogP contribution in [0.3, 0.4) is 0 Å². The first-order valence-corrected chi connectivity index (χ1v) is 6.77. The lowest BCUT2D eigenvalue weighted by Crippen LogP contribution is -2.29. The maximum absolute atomic E-state index is 11.3. The first-order valence-electron chi connectivity index (χ1n) is 5.61. The lowest BCUT2D eigenvalue weighted by Gasteiger charge is -2.05. The predicted molar refractivity (Wildman–Crippen MR) is 72.9 cm³/mol. The number of carbonyl (C=O) groups excluding carboxylic acids is 2. The van der Waals surface area contributed by atoms with Crippen LogP contribution in [0, 0.1) is 0 Å². The van der Waals surface area contributed by atoms with Crippen LogP contribution in [0.25, 0.3) is 0 Å². The minimum atomic E-state index is -0.314. The third kappa shape index (κ3) is 4.77. The Morgan fingerprint density at radius 2 is 2.17 bits per heavy atom. The van der Waals surface area contributed by atoms with Crippen LogP contribution in [-0.4, -0.2) is 24.1 Å². The fraction of sp³-hybridized carbons (Fsp3) is 0.333. The van der Waals surface area contributed by atoms with Gasteiger partial charge in [-0.1, -0.05) is 12.1 Å². The summed E-state index contributed by atoms with van der Waals surface area (Å²) < 4.78 is 0. The van der Waals surface area contributed by atoms with Crippen LogP contribution in [0.5, 0.6) is 0 Å². The molecule has 1 rings (SSSR count). The molecule has 0 heterocycles. The molecule has 0 atom stereocenters. The minimum Gasteiger partial charge on any atom is -0.356 e. The third-order valence-corrected chi connectivity index (χ3v) is 3.20.